The molecule has 0 heterocycles. The maximum Gasteiger partial charge on any atom is 0.335 e. The summed E-state index contributed by atoms with van der Waals surface area (Å²) >= 11 is 6.04. The van der Waals surface area contributed by atoms with Gasteiger partial charge in [-0.1, -0.05) is 77.1 Å². The second-order valence-electron chi connectivity index (χ2n) is 13.7. The third kappa shape index (κ3) is 5.17. The van der Waals surface area contributed by atoms with Crippen molar-refractivity contribution in [2.75, 3.05) is 0 Å². The highest BCUT2D eigenvalue weighted by molar-refractivity contribution is 6.31. The maximum absolute atomic E-state index is 12.5. The average Bonchev–Trinajstić information content (AvgIpc) is 3.15. The molecule has 0 N–H and O–H groups in total. The van der Waals surface area contributed by atoms with E-state index in [0.29, 0.717) is 21.4 Å². The van der Waals surface area contributed by atoms with E-state index < -0.39 is 0 Å². The van der Waals surface area contributed by atoms with Crippen LogP contribution in [-0.2, 0) is 9.53 Å². The second-order valence-corrected chi connectivity index (χ2v) is 14.3. The summed E-state index contributed by atoms with van der Waals surface area (Å²) < 4.78 is 5.90. The molecule has 0 saturated heterocycles. The van der Waals surface area contributed by atoms with Gasteiger partial charge in [-0.15, -0.1) is 0 Å². The number of halogens is 1. The predicted molar refractivity (Wildman–Crippen MR) is 147 cm³/mol. The van der Waals surface area contributed by atoms with E-state index in [2.05, 4.69) is 40.7 Å². The first-order chi connectivity index (χ1) is 16.5. The summed E-state index contributed by atoms with van der Waals surface area (Å²) in [7, 11) is 0. The van der Waals surface area contributed by atoms with Crippen LogP contribution < -0.4 is 0 Å². The van der Waals surface area contributed by atoms with Gasteiger partial charge in [0, 0.05) is 17.0 Å². The Kier molecular flexibility index (Phi) is 8.22. The first-order valence-electron chi connectivity index (χ1n) is 14.7. The van der Waals surface area contributed by atoms with Crippen LogP contribution in [0.25, 0.3) is 0 Å². The van der Waals surface area contributed by atoms with Gasteiger partial charge in [0.15, 0.2) is 0 Å². The molecule has 3 fully saturated rings. The molecule has 4 aliphatic carbocycles. The highest BCUT2D eigenvalue weighted by Gasteiger charge is 2.59. The number of allylic oxidation sites excluding steroid dienone is 2. The predicted octanol–water partition coefficient (Wildman–Crippen LogP) is 9.47. The third-order valence-corrected chi connectivity index (χ3v) is 11.6. The van der Waals surface area contributed by atoms with E-state index in [-0.39, 0.29) is 12.1 Å². The van der Waals surface area contributed by atoms with Gasteiger partial charge < -0.3 is 4.74 Å². The van der Waals surface area contributed by atoms with E-state index in [1.807, 2.05) is 0 Å². The lowest BCUT2D eigenvalue weighted by Gasteiger charge is -2.58. The van der Waals surface area contributed by atoms with Crippen molar-refractivity contribution in [1.29, 1.82) is 0 Å². The number of hydrogen-bond donors (Lipinski definition) is 0. The zero-order valence-electron chi connectivity index (χ0n) is 23.6. The molecular weight excluding hydrogens is 452 g/mol. The van der Waals surface area contributed by atoms with Gasteiger partial charge in [0.1, 0.15) is 6.10 Å². The van der Waals surface area contributed by atoms with Crippen molar-refractivity contribution in [2.45, 2.75) is 125 Å². The molecular formula is C32H51ClO2. The van der Waals surface area contributed by atoms with Crippen molar-refractivity contribution in [3.8, 4) is 0 Å². The number of carbonyl (C=O) groups is 1. The van der Waals surface area contributed by atoms with E-state index >= 15 is 0 Å². The lowest BCUT2D eigenvalue weighted by molar-refractivity contribution is -0.146. The molecule has 0 aromatic rings. The van der Waals surface area contributed by atoms with Crippen LogP contribution in [0.15, 0.2) is 22.3 Å². The molecule has 8 atom stereocenters. The molecule has 0 aromatic heterocycles. The largest absolute Gasteiger partial charge is 0.459 e. The quantitative estimate of drug-likeness (QED) is 0.197. The highest BCUT2D eigenvalue weighted by atomic mass is 35.5. The SMILES string of the molecule is C/C(Cl)=C(\C)C(=O)O[C@H]1CC[C@@]2(C)C(=CC[C@@H]3[C@H]4CC[C@@H]([C@H](C)CCCC(C)C)[C@@]4(C)CC[C@H]32)C1. The third-order valence-electron chi connectivity index (χ3n) is 11.4. The molecule has 0 unspecified atom stereocenters. The van der Waals surface area contributed by atoms with Gasteiger partial charge in [-0.25, -0.2) is 4.79 Å². The molecule has 0 spiro atoms. The Morgan fingerprint density at radius 2 is 1.80 bits per heavy atom. The maximum atomic E-state index is 12.5. The lowest BCUT2D eigenvalue weighted by atomic mass is 9.47. The molecule has 0 aliphatic heterocycles. The molecule has 198 valence electrons. The van der Waals surface area contributed by atoms with Crippen LogP contribution >= 0.6 is 11.6 Å². The Morgan fingerprint density at radius 1 is 1.06 bits per heavy atom. The minimum absolute atomic E-state index is 0.000692. The smallest absolute Gasteiger partial charge is 0.335 e. The topological polar surface area (TPSA) is 26.3 Å². The summed E-state index contributed by atoms with van der Waals surface area (Å²) in [6.45, 7) is 16.0. The molecule has 3 saturated carbocycles. The molecule has 0 amide bonds. The molecule has 0 bridgehead atoms. The van der Waals surface area contributed by atoms with Crippen LogP contribution in [-0.4, -0.2) is 12.1 Å². The zero-order valence-corrected chi connectivity index (χ0v) is 24.3. The van der Waals surface area contributed by atoms with Crippen LogP contribution in [0, 0.1) is 46.3 Å². The van der Waals surface area contributed by atoms with Crippen molar-refractivity contribution in [3.63, 3.8) is 0 Å². The summed E-state index contributed by atoms with van der Waals surface area (Å²) in [6.07, 6.45) is 16.8. The van der Waals surface area contributed by atoms with Crippen molar-refractivity contribution in [3.05, 3.63) is 22.3 Å². The Labute approximate surface area is 220 Å². The van der Waals surface area contributed by atoms with Gasteiger partial charge in [0.25, 0.3) is 0 Å². The minimum atomic E-state index is -0.242. The lowest BCUT2D eigenvalue weighted by Crippen LogP contribution is -2.51. The van der Waals surface area contributed by atoms with E-state index in [1.165, 1.54) is 51.4 Å². The van der Waals surface area contributed by atoms with Crippen molar-refractivity contribution in [2.24, 2.45) is 46.3 Å². The second kappa shape index (κ2) is 10.5. The fourth-order valence-electron chi connectivity index (χ4n) is 9.13. The van der Waals surface area contributed by atoms with Crippen LogP contribution in [0.3, 0.4) is 0 Å². The van der Waals surface area contributed by atoms with Gasteiger partial charge >= 0.3 is 5.97 Å². The summed E-state index contributed by atoms with van der Waals surface area (Å²) in [5.41, 5.74) is 2.95. The number of fused-ring (bicyclic) bond motifs is 5. The van der Waals surface area contributed by atoms with E-state index in [1.54, 1.807) is 19.4 Å². The highest BCUT2D eigenvalue weighted by Crippen LogP contribution is 2.67. The first kappa shape index (κ1) is 27.3. The molecule has 35 heavy (non-hydrogen) atoms. The molecule has 4 aliphatic rings. The van der Waals surface area contributed by atoms with Crippen LogP contribution in [0.2, 0.25) is 0 Å². The molecule has 4 rings (SSSR count). The molecule has 2 nitrogen and oxygen atoms in total. The monoisotopic (exact) mass is 502 g/mol. The van der Waals surface area contributed by atoms with Gasteiger partial charge in [-0.3, -0.25) is 0 Å². The van der Waals surface area contributed by atoms with E-state index in [4.69, 9.17) is 16.3 Å². The Morgan fingerprint density at radius 3 is 2.49 bits per heavy atom. The molecule has 0 radical (unpaired) electrons. The van der Waals surface area contributed by atoms with Crippen LogP contribution in [0.5, 0.6) is 0 Å². The Hall–Kier alpha value is -0.760. The zero-order chi connectivity index (χ0) is 25.5. The van der Waals surface area contributed by atoms with Crippen LogP contribution in [0.4, 0.5) is 0 Å². The van der Waals surface area contributed by atoms with E-state index in [0.717, 1.165) is 54.8 Å². The summed E-state index contributed by atoms with van der Waals surface area (Å²) in [5, 5.41) is 0.532. The summed E-state index contributed by atoms with van der Waals surface area (Å²) in [4.78, 5) is 12.5. The average molecular weight is 503 g/mol. The number of carbonyl (C=O) groups excluding carboxylic acids is 1. The minimum Gasteiger partial charge on any atom is -0.459 e. The fraction of sp³-hybridized carbons (Fsp3) is 0.844. The van der Waals surface area contributed by atoms with Gasteiger partial charge in [-0.05, 0) is 105 Å². The number of hydrogen-bond acceptors (Lipinski definition) is 2. The van der Waals surface area contributed by atoms with Gasteiger partial charge in [0.05, 0.1) is 0 Å². The number of rotatable bonds is 7. The summed E-state index contributed by atoms with van der Waals surface area (Å²) in [5.74, 6) is 4.91. The van der Waals surface area contributed by atoms with Gasteiger partial charge in [-0.2, -0.15) is 0 Å². The standard InChI is InChI=1S/C32H51ClO2/c1-20(2)9-8-10-21(3)27-13-14-28-26-12-11-24-19-25(35-30(34)22(4)23(5)33)15-17-31(24,6)29(26)16-18-32(27,28)7/h11,20-21,25-29H,8-10,12-19H2,1-7H3/b23-22-/t21-,25+,26-,27+,28-,29-,31+,32-/m1/s1. The fourth-order valence-corrected chi connectivity index (χ4v) is 9.21. The first-order valence-corrected chi connectivity index (χ1v) is 15.1. The Bertz CT molecular complexity index is 852. The summed E-state index contributed by atoms with van der Waals surface area (Å²) in [6, 6.07) is 0. The number of esters is 1. The normalized spacial score (nSPS) is 40.3. The van der Waals surface area contributed by atoms with Crippen molar-refractivity contribution in [1.82, 2.24) is 0 Å². The van der Waals surface area contributed by atoms with Crippen molar-refractivity contribution >= 4 is 17.6 Å². The van der Waals surface area contributed by atoms with Crippen molar-refractivity contribution < 1.29 is 9.53 Å². The van der Waals surface area contributed by atoms with Crippen LogP contribution in [0.1, 0.15) is 119 Å². The van der Waals surface area contributed by atoms with E-state index in [9.17, 15) is 4.79 Å². The Balaban J connectivity index is 1.44. The molecule has 3 heteroatoms. The number of ether oxygens (including phenoxy) is 1. The van der Waals surface area contributed by atoms with Gasteiger partial charge in [0.2, 0.25) is 0 Å². The molecule has 0 aromatic carbocycles.